The van der Waals surface area contributed by atoms with Crippen LogP contribution in [-0.2, 0) is 11.3 Å². The average Bonchev–Trinajstić information content (AvgIpc) is 3.19. The van der Waals surface area contributed by atoms with Crippen molar-refractivity contribution in [1.29, 1.82) is 0 Å². The molecule has 0 aliphatic carbocycles. The van der Waals surface area contributed by atoms with E-state index in [0.29, 0.717) is 11.7 Å². The molecule has 0 bridgehead atoms. The summed E-state index contributed by atoms with van der Waals surface area (Å²) in [4.78, 5) is 15.3. The average molecular weight is 468 g/mol. The molecule has 2 aromatic carbocycles. The molecule has 1 atom stereocenters. The Balaban J connectivity index is 1.56. The van der Waals surface area contributed by atoms with Gasteiger partial charge in [0.15, 0.2) is 11.0 Å². The summed E-state index contributed by atoms with van der Waals surface area (Å²) in [5, 5.41) is 12.1. The monoisotopic (exact) mass is 467 g/mol. The molecule has 1 amide bonds. The Hall–Kier alpha value is -2.71. The van der Waals surface area contributed by atoms with Gasteiger partial charge < -0.3 is 5.32 Å². The Morgan fingerprint density at radius 1 is 1.09 bits per heavy atom. The van der Waals surface area contributed by atoms with Crippen molar-refractivity contribution in [2.75, 3.05) is 18.4 Å². The van der Waals surface area contributed by atoms with Gasteiger partial charge in [-0.1, -0.05) is 30.3 Å². The summed E-state index contributed by atoms with van der Waals surface area (Å²) in [7, 11) is 0. The molecule has 1 fully saturated rings. The molecule has 8 heteroatoms. The number of hydrogen-bond donors (Lipinski definition) is 1. The summed E-state index contributed by atoms with van der Waals surface area (Å²) in [5.74, 6) is 0.410. The summed E-state index contributed by atoms with van der Waals surface area (Å²) in [6.07, 6.45) is 3.62. The molecule has 0 radical (unpaired) electrons. The van der Waals surface area contributed by atoms with Crippen molar-refractivity contribution in [3.05, 3.63) is 65.2 Å². The number of anilines is 1. The van der Waals surface area contributed by atoms with Gasteiger partial charge in [0.05, 0.1) is 11.8 Å². The number of nitrogens with one attached hydrogen (secondary N) is 1. The molecule has 3 aromatic rings. The highest BCUT2D eigenvalue weighted by molar-refractivity contribution is 8.00. The van der Waals surface area contributed by atoms with E-state index in [2.05, 4.69) is 20.4 Å². The number of carbonyl (C=O) groups excluding carboxylic acids is 1. The number of carbonyl (C=O) groups is 1. The first-order chi connectivity index (χ1) is 15.9. The summed E-state index contributed by atoms with van der Waals surface area (Å²) in [5.41, 5.74) is 3.72. The zero-order valence-electron chi connectivity index (χ0n) is 19.3. The smallest absolute Gasteiger partial charge is 0.237 e. The molecule has 2 heterocycles. The van der Waals surface area contributed by atoms with Crippen LogP contribution >= 0.6 is 11.8 Å². The van der Waals surface area contributed by atoms with Crippen molar-refractivity contribution in [3.8, 4) is 5.69 Å². The molecule has 1 aliphatic rings. The van der Waals surface area contributed by atoms with Gasteiger partial charge in [0.2, 0.25) is 5.91 Å². The lowest BCUT2D eigenvalue weighted by atomic mass is 10.1. The second-order valence-electron chi connectivity index (χ2n) is 8.62. The van der Waals surface area contributed by atoms with Crippen LogP contribution in [0.5, 0.6) is 0 Å². The van der Waals surface area contributed by atoms with E-state index < -0.39 is 5.25 Å². The Morgan fingerprint density at radius 2 is 1.82 bits per heavy atom. The van der Waals surface area contributed by atoms with E-state index >= 15 is 0 Å². The number of benzene rings is 2. The van der Waals surface area contributed by atoms with E-state index in [4.69, 9.17) is 0 Å². The van der Waals surface area contributed by atoms with E-state index in [1.165, 1.54) is 43.2 Å². The molecule has 174 valence electrons. The number of rotatable bonds is 7. The number of likely N-dealkylation sites (tertiary alicyclic amines) is 1. The van der Waals surface area contributed by atoms with Gasteiger partial charge in [0.1, 0.15) is 5.82 Å². The quantitative estimate of drug-likeness (QED) is 0.488. The minimum Gasteiger partial charge on any atom is -0.325 e. The van der Waals surface area contributed by atoms with Gasteiger partial charge in [-0.25, -0.2) is 4.39 Å². The van der Waals surface area contributed by atoms with Gasteiger partial charge in [-0.3, -0.25) is 14.3 Å². The van der Waals surface area contributed by atoms with Crippen LogP contribution in [0.15, 0.2) is 47.6 Å². The second-order valence-corrected chi connectivity index (χ2v) is 9.92. The van der Waals surface area contributed by atoms with Crippen LogP contribution in [0.25, 0.3) is 5.69 Å². The number of thioether (sulfide) groups is 1. The first-order valence-electron chi connectivity index (χ1n) is 11.4. The summed E-state index contributed by atoms with van der Waals surface area (Å²) in [6.45, 7) is 8.58. The lowest BCUT2D eigenvalue weighted by Crippen LogP contribution is -2.30. The van der Waals surface area contributed by atoms with Crippen LogP contribution in [0.4, 0.5) is 10.1 Å². The number of hydrogen-bond acceptors (Lipinski definition) is 5. The van der Waals surface area contributed by atoms with Crippen LogP contribution in [-0.4, -0.2) is 43.9 Å². The minimum absolute atomic E-state index is 0.0973. The van der Waals surface area contributed by atoms with Gasteiger partial charge in [-0.05, 0) is 88.2 Å². The maximum atomic E-state index is 13.6. The fourth-order valence-electron chi connectivity index (χ4n) is 3.96. The Labute approximate surface area is 198 Å². The van der Waals surface area contributed by atoms with Crippen molar-refractivity contribution < 1.29 is 9.18 Å². The number of aryl methyl sites for hydroxylation is 2. The largest absolute Gasteiger partial charge is 0.325 e. The van der Waals surface area contributed by atoms with E-state index in [9.17, 15) is 9.18 Å². The molecule has 1 aliphatic heterocycles. The Bertz CT molecular complexity index is 1110. The molecule has 33 heavy (non-hydrogen) atoms. The van der Waals surface area contributed by atoms with Gasteiger partial charge in [0.25, 0.3) is 0 Å². The first kappa shape index (κ1) is 23.4. The molecule has 1 saturated heterocycles. The number of halogens is 1. The predicted octanol–water partition coefficient (Wildman–Crippen LogP) is 5.13. The van der Waals surface area contributed by atoms with Gasteiger partial charge >= 0.3 is 0 Å². The highest BCUT2D eigenvalue weighted by Gasteiger charge is 2.23. The number of aromatic nitrogens is 3. The molecule has 0 saturated carbocycles. The van der Waals surface area contributed by atoms with Crippen LogP contribution in [0.2, 0.25) is 0 Å². The molecule has 1 N–H and O–H groups in total. The molecular formula is C25H30FN5OS. The number of amides is 1. The molecule has 4 rings (SSSR count). The van der Waals surface area contributed by atoms with E-state index in [0.717, 1.165) is 41.4 Å². The van der Waals surface area contributed by atoms with Crippen molar-refractivity contribution >= 4 is 23.4 Å². The fraction of sp³-hybridized carbons (Fsp3) is 0.400. The highest BCUT2D eigenvalue weighted by Crippen LogP contribution is 2.28. The van der Waals surface area contributed by atoms with Crippen molar-refractivity contribution in [3.63, 3.8) is 0 Å². The third-order valence-electron chi connectivity index (χ3n) is 5.90. The third kappa shape index (κ3) is 5.81. The Morgan fingerprint density at radius 3 is 2.55 bits per heavy atom. The van der Waals surface area contributed by atoms with Gasteiger partial charge in [0, 0.05) is 11.4 Å². The molecule has 1 aromatic heterocycles. The number of piperidine rings is 1. The van der Waals surface area contributed by atoms with Crippen molar-refractivity contribution in [2.24, 2.45) is 0 Å². The summed E-state index contributed by atoms with van der Waals surface area (Å²) in [6, 6.07) is 12.3. The maximum absolute atomic E-state index is 13.6. The first-order valence-corrected chi connectivity index (χ1v) is 12.3. The standard InChI is InChI=1S/C25H30FN5OS/c1-17-7-8-18(2)22(15-17)27-24(32)19(3)33-25-29-28-23(16-30-13-5-4-6-14-30)31(25)21-11-9-20(26)10-12-21/h7-12,15,19H,4-6,13-14,16H2,1-3H3,(H,27,32). The van der Waals surface area contributed by atoms with Gasteiger partial charge in [-0.15, -0.1) is 10.2 Å². The highest BCUT2D eigenvalue weighted by atomic mass is 32.2. The molecule has 6 nitrogen and oxygen atoms in total. The van der Waals surface area contributed by atoms with E-state index in [1.54, 1.807) is 12.1 Å². The molecular weight excluding hydrogens is 437 g/mol. The number of nitrogens with zero attached hydrogens (tertiary/aromatic N) is 4. The Kier molecular flexibility index (Phi) is 7.45. The second kappa shape index (κ2) is 10.5. The van der Waals surface area contributed by atoms with Crippen molar-refractivity contribution in [2.45, 2.75) is 57.0 Å². The molecule has 1 unspecified atom stereocenters. The third-order valence-corrected chi connectivity index (χ3v) is 6.94. The minimum atomic E-state index is -0.392. The van der Waals surface area contributed by atoms with E-state index in [-0.39, 0.29) is 11.7 Å². The normalized spacial score (nSPS) is 15.4. The fourth-order valence-corrected chi connectivity index (χ4v) is 4.85. The summed E-state index contributed by atoms with van der Waals surface area (Å²) < 4.78 is 15.5. The zero-order valence-corrected chi connectivity index (χ0v) is 20.2. The van der Waals surface area contributed by atoms with E-state index in [1.807, 2.05) is 43.5 Å². The summed E-state index contributed by atoms with van der Waals surface area (Å²) >= 11 is 1.35. The van der Waals surface area contributed by atoms with Crippen LogP contribution in [0.1, 0.15) is 43.1 Å². The lowest BCUT2D eigenvalue weighted by Gasteiger charge is -2.26. The van der Waals surface area contributed by atoms with Crippen molar-refractivity contribution in [1.82, 2.24) is 19.7 Å². The molecule has 0 spiro atoms. The maximum Gasteiger partial charge on any atom is 0.237 e. The SMILES string of the molecule is Cc1ccc(C)c(NC(=O)C(C)Sc2nnc(CN3CCCCC3)n2-c2ccc(F)cc2)c1. The zero-order chi connectivity index (χ0) is 23.4. The lowest BCUT2D eigenvalue weighted by molar-refractivity contribution is -0.115. The van der Waals surface area contributed by atoms with Gasteiger partial charge in [-0.2, -0.15) is 0 Å². The van der Waals surface area contributed by atoms with Crippen LogP contribution in [0.3, 0.4) is 0 Å². The predicted molar refractivity (Wildman–Crippen MR) is 130 cm³/mol. The van der Waals surface area contributed by atoms with Crippen LogP contribution < -0.4 is 5.32 Å². The topological polar surface area (TPSA) is 63.1 Å². The van der Waals surface area contributed by atoms with Crippen LogP contribution in [0, 0.1) is 19.7 Å².